The lowest BCUT2D eigenvalue weighted by Gasteiger charge is -2.14. The number of thioether (sulfide) groups is 1. The van der Waals surface area contributed by atoms with E-state index in [1.54, 1.807) is 54.6 Å². The first kappa shape index (κ1) is 21.1. The van der Waals surface area contributed by atoms with Gasteiger partial charge in [-0.1, -0.05) is 30.0 Å². The van der Waals surface area contributed by atoms with Crippen LogP contribution in [0.25, 0.3) is 5.69 Å². The fourth-order valence-corrected chi connectivity index (χ4v) is 3.56. The number of ether oxygens (including phenoxy) is 1. The van der Waals surface area contributed by atoms with E-state index >= 15 is 0 Å². The maximum atomic E-state index is 13.0. The van der Waals surface area contributed by atoms with Crippen LogP contribution in [-0.4, -0.2) is 39.2 Å². The van der Waals surface area contributed by atoms with Gasteiger partial charge in [0.25, 0.3) is 5.56 Å². The van der Waals surface area contributed by atoms with Gasteiger partial charge in [0.1, 0.15) is 5.75 Å². The SMILES string of the molecule is COc1ccc(C(=O)CSc2nc(O)c(NC(C)=O)c(=O)n2-c2ccccc2)cc1. The molecule has 8 nitrogen and oxygen atoms in total. The molecule has 2 aromatic carbocycles. The van der Waals surface area contributed by atoms with E-state index < -0.39 is 17.3 Å². The number of nitrogens with zero attached hydrogens (tertiary/aromatic N) is 2. The second-order valence-electron chi connectivity index (χ2n) is 6.19. The number of benzene rings is 2. The van der Waals surface area contributed by atoms with Crippen LogP contribution < -0.4 is 15.6 Å². The fraction of sp³-hybridized carbons (Fsp3) is 0.143. The molecule has 0 spiro atoms. The topological polar surface area (TPSA) is 111 Å². The smallest absolute Gasteiger partial charge is 0.286 e. The summed E-state index contributed by atoms with van der Waals surface area (Å²) < 4.78 is 6.33. The normalized spacial score (nSPS) is 10.5. The predicted octanol–water partition coefficient (Wildman–Crippen LogP) is 2.88. The van der Waals surface area contributed by atoms with Gasteiger partial charge in [0, 0.05) is 12.5 Å². The number of rotatable bonds is 7. The fourth-order valence-electron chi connectivity index (χ4n) is 2.67. The first-order valence-electron chi connectivity index (χ1n) is 8.89. The first-order chi connectivity index (χ1) is 14.4. The van der Waals surface area contributed by atoms with Gasteiger partial charge in [0.2, 0.25) is 11.8 Å². The van der Waals surface area contributed by atoms with Crippen LogP contribution in [0.3, 0.4) is 0 Å². The average Bonchev–Trinajstić information content (AvgIpc) is 2.75. The van der Waals surface area contributed by atoms with Crippen molar-refractivity contribution in [3.8, 4) is 17.3 Å². The molecule has 2 N–H and O–H groups in total. The number of aromatic nitrogens is 2. The maximum Gasteiger partial charge on any atom is 0.286 e. The minimum absolute atomic E-state index is 0.00940. The quantitative estimate of drug-likeness (QED) is 0.340. The summed E-state index contributed by atoms with van der Waals surface area (Å²) in [5.41, 5.74) is -0.00234. The highest BCUT2D eigenvalue weighted by molar-refractivity contribution is 7.99. The van der Waals surface area contributed by atoms with E-state index in [1.807, 2.05) is 0 Å². The van der Waals surface area contributed by atoms with Crippen LogP contribution >= 0.6 is 11.8 Å². The lowest BCUT2D eigenvalue weighted by Crippen LogP contribution is -2.26. The van der Waals surface area contributed by atoms with Crippen molar-refractivity contribution in [2.45, 2.75) is 12.1 Å². The van der Waals surface area contributed by atoms with Crippen molar-refractivity contribution in [2.24, 2.45) is 0 Å². The van der Waals surface area contributed by atoms with Crippen LogP contribution in [0.1, 0.15) is 17.3 Å². The number of aromatic hydroxyl groups is 1. The van der Waals surface area contributed by atoms with Crippen molar-refractivity contribution < 1.29 is 19.4 Å². The molecule has 1 heterocycles. The van der Waals surface area contributed by atoms with Crippen molar-refractivity contribution in [1.82, 2.24) is 9.55 Å². The van der Waals surface area contributed by atoms with Gasteiger partial charge in [-0.05, 0) is 36.4 Å². The number of methoxy groups -OCH3 is 1. The molecule has 0 unspecified atom stereocenters. The summed E-state index contributed by atoms with van der Waals surface area (Å²) in [5, 5.41) is 12.6. The van der Waals surface area contributed by atoms with Gasteiger partial charge in [-0.2, -0.15) is 4.98 Å². The third kappa shape index (κ3) is 4.69. The summed E-state index contributed by atoms with van der Waals surface area (Å²) >= 11 is 1.01. The number of ketones is 1. The number of carbonyl (C=O) groups is 2. The third-order valence-electron chi connectivity index (χ3n) is 4.09. The Labute approximate surface area is 176 Å². The molecule has 0 aliphatic heterocycles. The number of para-hydroxylation sites is 1. The Kier molecular flexibility index (Phi) is 6.53. The summed E-state index contributed by atoms with van der Waals surface area (Å²) in [4.78, 5) is 41.0. The summed E-state index contributed by atoms with van der Waals surface area (Å²) in [6.07, 6.45) is 0. The minimum atomic E-state index is -0.650. The average molecular weight is 425 g/mol. The number of hydrogen-bond acceptors (Lipinski definition) is 7. The molecule has 0 saturated heterocycles. The van der Waals surface area contributed by atoms with Crippen molar-refractivity contribution in [2.75, 3.05) is 18.2 Å². The summed E-state index contributed by atoms with van der Waals surface area (Å²) in [6.45, 7) is 1.22. The van der Waals surface area contributed by atoms with Crippen molar-refractivity contribution >= 4 is 29.1 Å². The molecule has 0 aliphatic rings. The molecule has 0 fully saturated rings. The molecular weight excluding hydrogens is 406 g/mol. The minimum Gasteiger partial charge on any atom is -0.497 e. The van der Waals surface area contributed by atoms with E-state index in [9.17, 15) is 19.5 Å². The molecule has 0 atom stereocenters. The van der Waals surface area contributed by atoms with Gasteiger partial charge in [-0.15, -0.1) is 0 Å². The van der Waals surface area contributed by atoms with E-state index in [0.29, 0.717) is 17.0 Å². The van der Waals surface area contributed by atoms with E-state index in [4.69, 9.17) is 4.74 Å². The number of anilines is 1. The molecule has 154 valence electrons. The molecule has 0 bridgehead atoms. The molecule has 0 radical (unpaired) electrons. The Balaban J connectivity index is 1.96. The molecule has 3 aromatic rings. The Morgan fingerprint density at radius 1 is 1.13 bits per heavy atom. The number of amides is 1. The van der Waals surface area contributed by atoms with Gasteiger partial charge >= 0.3 is 0 Å². The molecule has 30 heavy (non-hydrogen) atoms. The highest BCUT2D eigenvalue weighted by Gasteiger charge is 2.20. The van der Waals surface area contributed by atoms with Crippen molar-refractivity contribution in [1.29, 1.82) is 0 Å². The lowest BCUT2D eigenvalue weighted by atomic mass is 10.1. The van der Waals surface area contributed by atoms with Gasteiger partial charge in [0.05, 0.1) is 18.6 Å². The summed E-state index contributed by atoms with van der Waals surface area (Å²) in [5.74, 6) is -0.676. The van der Waals surface area contributed by atoms with E-state index in [2.05, 4.69) is 10.3 Å². The maximum absolute atomic E-state index is 13.0. The molecule has 0 aliphatic carbocycles. The summed E-state index contributed by atoms with van der Waals surface area (Å²) in [6, 6.07) is 15.3. The van der Waals surface area contributed by atoms with E-state index in [0.717, 1.165) is 11.8 Å². The van der Waals surface area contributed by atoms with Crippen LogP contribution in [0, 0.1) is 0 Å². The third-order valence-corrected chi connectivity index (χ3v) is 5.03. The van der Waals surface area contributed by atoms with Crippen molar-refractivity contribution in [3.63, 3.8) is 0 Å². The van der Waals surface area contributed by atoms with Gasteiger partial charge in [-0.25, -0.2) is 0 Å². The zero-order chi connectivity index (χ0) is 21.7. The number of hydrogen-bond donors (Lipinski definition) is 2. The molecule has 3 rings (SSSR count). The number of Topliss-reactive ketones (excluding diaryl/α,β-unsaturated/α-hetero) is 1. The standard InChI is InChI=1S/C21H19N3O5S/c1-13(25)22-18-19(27)23-21(24(20(18)28)15-6-4-3-5-7-15)30-12-17(26)14-8-10-16(29-2)11-9-14/h3-11,27H,12H2,1-2H3,(H,22,25). The largest absolute Gasteiger partial charge is 0.497 e. The predicted molar refractivity (Wildman–Crippen MR) is 114 cm³/mol. The van der Waals surface area contributed by atoms with Crippen LogP contribution in [0.4, 0.5) is 5.69 Å². The number of carbonyl (C=O) groups excluding carboxylic acids is 2. The molecule has 9 heteroatoms. The highest BCUT2D eigenvalue weighted by Crippen LogP contribution is 2.25. The second kappa shape index (κ2) is 9.27. The zero-order valence-corrected chi connectivity index (χ0v) is 17.1. The Hall–Kier alpha value is -3.59. The van der Waals surface area contributed by atoms with Crippen LogP contribution in [-0.2, 0) is 4.79 Å². The lowest BCUT2D eigenvalue weighted by molar-refractivity contribution is -0.114. The summed E-state index contributed by atoms with van der Waals surface area (Å²) in [7, 11) is 1.54. The van der Waals surface area contributed by atoms with Crippen molar-refractivity contribution in [3.05, 3.63) is 70.5 Å². The van der Waals surface area contributed by atoms with Gasteiger partial charge < -0.3 is 15.2 Å². The Bertz CT molecular complexity index is 1130. The first-order valence-corrected chi connectivity index (χ1v) is 9.88. The van der Waals surface area contributed by atoms with Gasteiger partial charge in [0.15, 0.2) is 16.6 Å². The van der Waals surface area contributed by atoms with E-state index in [-0.39, 0.29) is 22.4 Å². The molecule has 1 amide bonds. The van der Waals surface area contributed by atoms with E-state index in [1.165, 1.54) is 18.6 Å². The van der Waals surface area contributed by atoms with Crippen LogP contribution in [0.5, 0.6) is 11.6 Å². The molecular formula is C21H19N3O5S. The monoisotopic (exact) mass is 425 g/mol. The van der Waals surface area contributed by atoms with Crippen LogP contribution in [0.15, 0.2) is 64.5 Å². The van der Waals surface area contributed by atoms with Gasteiger partial charge in [-0.3, -0.25) is 19.0 Å². The molecule has 0 saturated carbocycles. The zero-order valence-electron chi connectivity index (χ0n) is 16.3. The van der Waals surface area contributed by atoms with Crippen LogP contribution in [0.2, 0.25) is 0 Å². The highest BCUT2D eigenvalue weighted by atomic mass is 32.2. The number of nitrogens with one attached hydrogen (secondary N) is 1. The Morgan fingerprint density at radius 3 is 2.40 bits per heavy atom. The Morgan fingerprint density at radius 2 is 1.80 bits per heavy atom. The second-order valence-corrected chi connectivity index (χ2v) is 7.13. The molecule has 1 aromatic heterocycles.